The van der Waals surface area contributed by atoms with E-state index in [2.05, 4.69) is 54.4 Å². The van der Waals surface area contributed by atoms with Crippen LogP contribution < -0.4 is 0 Å². The molecule has 176 valence electrons. The SMILES string of the molecule is CCCCCCCCC[S-].CCCCCCCCC[S-].C[CH]CC.C[CH]CC.[Sn+2]. The van der Waals surface area contributed by atoms with Crippen molar-refractivity contribution in [1.82, 2.24) is 0 Å². The Morgan fingerprint density at radius 2 is 0.655 bits per heavy atom. The molecule has 0 aromatic carbocycles. The first-order valence-electron chi connectivity index (χ1n) is 12.4. The quantitative estimate of drug-likeness (QED) is 0.106. The van der Waals surface area contributed by atoms with Crippen LogP contribution in [-0.4, -0.2) is 35.4 Å². The van der Waals surface area contributed by atoms with Gasteiger partial charge in [-0.05, 0) is 12.8 Å². The van der Waals surface area contributed by atoms with Gasteiger partial charge in [-0.1, -0.05) is 144 Å². The molecule has 0 aliphatic heterocycles. The number of rotatable bonds is 16. The van der Waals surface area contributed by atoms with Crippen LogP contribution in [0.4, 0.5) is 0 Å². The molecule has 0 nitrogen and oxygen atoms in total. The van der Waals surface area contributed by atoms with Gasteiger partial charge in [-0.25, -0.2) is 0 Å². The van der Waals surface area contributed by atoms with Crippen LogP contribution in [0.2, 0.25) is 0 Å². The summed E-state index contributed by atoms with van der Waals surface area (Å²) in [6.07, 6.45) is 25.9. The zero-order valence-electron chi connectivity index (χ0n) is 21.2. The molecule has 0 fully saturated rings. The third-order valence-corrected chi connectivity index (χ3v) is 4.89. The smallest absolute Gasteiger partial charge is 0.793 e. The van der Waals surface area contributed by atoms with E-state index in [1.54, 1.807) is 0 Å². The van der Waals surface area contributed by atoms with Crippen molar-refractivity contribution in [3.63, 3.8) is 0 Å². The molecule has 0 unspecified atom stereocenters. The second-order valence-electron chi connectivity index (χ2n) is 7.28. The first kappa shape index (κ1) is 40.8. The van der Waals surface area contributed by atoms with E-state index >= 15 is 0 Å². The van der Waals surface area contributed by atoms with Crippen molar-refractivity contribution in [1.29, 1.82) is 0 Å². The fourth-order valence-electron chi connectivity index (χ4n) is 2.12. The van der Waals surface area contributed by atoms with E-state index in [0.29, 0.717) is 0 Å². The van der Waals surface area contributed by atoms with E-state index in [0.717, 1.165) is 11.5 Å². The van der Waals surface area contributed by atoms with Gasteiger partial charge in [0.25, 0.3) is 0 Å². The van der Waals surface area contributed by atoms with Crippen molar-refractivity contribution in [2.45, 2.75) is 144 Å². The first-order chi connectivity index (χ1) is 13.7. The molecule has 0 aliphatic rings. The molecule has 0 saturated carbocycles. The van der Waals surface area contributed by atoms with Crippen LogP contribution >= 0.6 is 0 Å². The fourth-order valence-corrected chi connectivity index (χ4v) is 2.53. The zero-order valence-corrected chi connectivity index (χ0v) is 25.7. The molecular formula is C26H56S2Sn. The monoisotopic (exact) mass is 552 g/mol. The van der Waals surface area contributed by atoms with Gasteiger partial charge in [0.05, 0.1) is 0 Å². The van der Waals surface area contributed by atoms with Gasteiger partial charge < -0.3 is 25.3 Å². The van der Waals surface area contributed by atoms with Gasteiger partial charge in [-0.3, -0.25) is 0 Å². The van der Waals surface area contributed by atoms with E-state index < -0.39 is 0 Å². The Morgan fingerprint density at radius 1 is 0.448 bits per heavy atom. The minimum atomic E-state index is 0. The van der Waals surface area contributed by atoms with Gasteiger partial charge in [0.2, 0.25) is 0 Å². The molecule has 4 radical (unpaired) electrons. The number of unbranched alkanes of at least 4 members (excludes halogenated alkanes) is 14. The van der Waals surface area contributed by atoms with E-state index in [-0.39, 0.29) is 23.9 Å². The number of hydrogen-bond donors (Lipinski definition) is 0. The Bertz CT molecular complexity index is 150. The van der Waals surface area contributed by atoms with E-state index in [1.165, 1.54) is 103 Å². The summed E-state index contributed by atoms with van der Waals surface area (Å²) in [5, 5.41) is 0. The molecule has 0 rings (SSSR count). The predicted molar refractivity (Wildman–Crippen MR) is 147 cm³/mol. The van der Waals surface area contributed by atoms with Gasteiger partial charge >= 0.3 is 23.9 Å². The first-order valence-corrected chi connectivity index (χ1v) is 13.5. The van der Waals surface area contributed by atoms with Crippen molar-refractivity contribution in [3.8, 4) is 0 Å². The fraction of sp³-hybridized carbons (Fsp3) is 0.923. The molecule has 0 saturated heterocycles. The Labute approximate surface area is 216 Å². The normalized spacial score (nSPS) is 9.10. The molecule has 3 heteroatoms. The maximum absolute atomic E-state index is 4.85. The van der Waals surface area contributed by atoms with E-state index in [1.807, 2.05) is 0 Å². The Morgan fingerprint density at radius 3 is 0.828 bits per heavy atom. The van der Waals surface area contributed by atoms with Gasteiger partial charge in [-0.15, -0.1) is 0 Å². The number of hydrogen-bond acceptors (Lipinski definition) is 2. The van der Waals surface area contributed by atoms with Crippen LogP contribution in [0.5, 0.6) is 0 Å². The van der Waals surface area contributed by atoms with Crippen molar-refractivity contribution < 1.29 is 0 Å². The minimum absolute atomic E-state index is 0. The van der Waals surface area contributed by atoms with Crippen molar-refractivity contribution in [3.05, 3.63) is 12.8 Å². The maximum atomic E-state index is 4.85. The third kappa shape index (κ3) is 72.8. The molecule has 0 aromatic rings. The predicted octanol–water partition coefficient (Wildman–Crippen LogP) is 9.43. The second kappa shape index (κ2) is 51.8. The van der Waals surface area contributed by atoms with Crippen molar-refractivity contribution >= 4 is 49.2 Å². The van der Waals surface area contributed by atoms with Crippen LogP contribution in [-0.2, 0) is 25.3 Å². The van der Waals surface area contributed by atoms with Gasteiger partial charge in [-0.2, -0.15) is 11.5 Å². The van der Waals surface area contributed by atoms with Crippen LogP contribution in [0, 0.1) is 12.8 Å². The molecule has 0 amide bonds. The molecule has 29 heavy (non-hydrogen) atoms. The van der Waals surface area contributed by atoms with Crippen LogP contribution in [0.25, 0.3) is 0 Å². The largest absolute Gasteiger partial charge is 2.00 e. The molecule has 0 heterocycles. The zero-order chi connectivity index (χ0) is 22.1. The summed E-state index contributed by atoms with van der Waals surface area (Å²) >= 11 is 9.71. The molecule has 0 aliphatic carbocycles. The van der Waals surface area contributed by atoms with E-state index in [4.69, 9.17) is 25.3 Å². The molecule has 0 bridgehead atoms. The summed E-state index contributed by atoms with van der Waals surface area (Å²) in [5.74, 6) is 1.90. The Balaban J connectivity index is -0.0000000950. The standard InChI is InChI=1S/2C9H20S.2C4H9.Sn/c2*1-2-3-4-5-6-7-8-9-10;2*1-3-4-2;/h2*10H,2-9H2,1H3;2*3H,4H2,1-2H3;/q;;;;+2/p-2. The summed E-state index contributed by atoms with van der Waals surface area (Å²) < 4.78 is 0. The summed E-state index contributed by atoms with van der Waals surface area (Å²) in [5.41, 5.74) is 0. The van der Waals surface area contributed by atoms with Gasteiger partial charge in [0, 0.05) is 0 Å². The molecule has 0 spiro atoms. The van der Waals surface area contributed by atoms with E-state index in [9.17, 15) is 0 Å². The summed E-state index contributed by atoms with van der Waals surface area (Å²) in [7, 11) is 0. The van der Waals surface area contributed by atoms with Crippen molar-refractivity contribution in [2.75, 3.05) is 11.5 Å². The van der Waals surface area contributed by atoms with Gasteiger partial charge in [0.15, 0.2) is 0 Å². The topological polar surface area (TPSA) is 0 Å². The van der Waals surface area contributed by atoms with Crippen molar-refractivity contribution in [2.24, 2.45) is 0 Å². The maximum Gasteiger partial charge on any atom is 2.00 e. The second-order valence-corrected chi connectivity index (χ2v) is 8.10. The molecule has 0 N–H and O–H groups in total. The Kier molecular flexibility index (Phi) is 73.0. The summed E-state index contributed by atoms with van der Waals surface area (Å²) in [4.78, 5) is 0. The average molecular weight is 552 g/mol. The van der Waals surface area contributed by atoms with Crippen LogP contribution in [0.15, 0.2) is 0 Å². The third-order valence-electron chi connectivity index (χ3n) is 4.31. The molecule has 0 aromatic heterocycles. The van der Waals surface area contributed by atoms with Gasteiger partial charge in [0.1, 0.15) is 0 Å². The van der Waals surface area contributed by atoms with Crippen LogP contribution in [0.3, 0.4) is 0 Å². The molecule has 0 atom stereocenters. The Hall–Kier alpha value is 1.50. The minimum Gasteiger partial charge on any atom is -0.793 e. The van der Waals surface area contributed by atoms with Crippen LogP contribution in [0.1, 0.15) is 144 Å². The average Bonchev–Trinajstić information content (AvgIpc) is 2.74. The summed E-state index contributed by atoms with van der Waals surface area (Å²) in [6.45, 7) is 12.9. The summed E-state index contributed by atoms with van der Waals surface area (Å²) in [6, 6.07) is 0. The molecular weight excluding hydrogens is 495 g/mol.